The van der Waals surface area contributed by atoms with Crippen LogP contribution in [-0.2, 0) is 4.79 Å². The Hall–Kier alpha value is -1.84. The highest BCUT2D eigenvalue weighted by molar-refractivity contribution is 5.92. The highest BCUT2D eigenvalue weighted by Crippen LogP contribution is 2.28. The van der Waals surface area contributed by atoms with E-state index in [2.05, 4.69) is 10.3 Å². The van der Waals surface area contributed by atoms with Gasteiger partial charge in [0.1, 0.15) is 5.52 Å². The van der Waals surface area contributed by atoms with Crippen molar-refractivity contribution in [2.75, 3.05) is 5.32 Å². The molecule has 0 aliphatic heterocycles. The van der Waals surface area contributed by atoms with Gasteiger partial charge in [0.05, 0.1) is 0 Å². The number of aryl methyl sites for hydroxylation is 1. The SMILES string of the molecule is Cc1nc2cc(NC(=O)CCC3CCCC3)ccc2o1. The molecule has 0 unspecified atom stereocenters. The number of amides is 1. The van der Waals surface area contributed by atoms with Crippen LogP contribution in [0.3, 0.4) is 0 Å². The third-order valence-electron chi connectivity index (χ3n) is 4.03. The molecular formula is C16H20N2O2. The Morgan fingerprint density at radius 2 is 2.20 bits per heavy atom. The maximum Gasteiger partial charge on any atom is 0.224 e. The minimum absolute atomic E-state index is 0.0940. The molecule has 0 saturated heterocycles. The van der Waals surface area contributed by atoms with Crippen molar-refractivity contribution in [2.45, 2.75) is 45.4 Å². The lowest BCUT2D eigenvalue weighted by atomic mass is 10.0. The first kappa shape index (κ1) is 13.2. The average Bonchev–Trinajstić information content (AvgIpc) is 3.04. The second kappa shape index (κ2) is 5.65. The van der Waals surface area contributed by atoms with Crippen molar-refractivity contribution in [3.8, 4) is 0 Å². The van der Waals surface area contributed by atoms with Crippen molar-refractivity contribution in [3.05, 3.63) is 24.1 Å². The normalized spacial score (nSPS) is 15.8. The van der Waals surface area contributed by atoms with Crippen molar-refractivity contribution in [3.63, 3.8) is 0 Å². The molecule has 0 bridgehead atoms. The number of oxazole rings is 1. The Morgan fingerprint density at radius 1 is 1.40 bits per heavy atom. The van der Waals surface area contributed by atoms with E-state index in [1.54, 1.807) is 0 Å². The topological polar surface area (TPSA) is 55.1 Å². The Balaban J connectivity index is 1.58. The van der Waals surface area contributed by atoms with E-state index >= 15 is 0 Å². The fourth-order valence-corrected chi connectivity index (χ4v) is 2.98. The van der Waals surface area contributed by atoms with E-state index in [-0.39, 0.29) is 5.91 Å². The summed E-state index contributed by atoms with van der Waals surface area (Å²) in [4.78, 5) is 16.2. The molecule has 0 radical (unpaired) electrons. The Bertz CT molecular complexity index is 612. The van der Waals surface area contributed by atoms with E-state index in [1.165, 1.54) is 25.7 Å². The van der Waals surface area contributed by atoms with Gasteiger partial charge in [-0.1, -0.05) is 25.7 Å². The number of hydrogen-bond acceptors (Lipinski definition) is 3. The number of hydrogen-bond donors (Lipinski definition) is 1. The number of fused-ring (bicyclic) bond motifs is 1. The molecule has 1 amide bonds. The summed E-state index contributed by atoms with van der Waals surface area (Å²) in [5, 5.41) is 2.95. The van der Waals surface area contributed by atoms with Crippen LogP contribution in [0, 0.1) is 12.8 Å². The molecule has 0 atom stereocenters. The van der Waals surface area contributed by atoms with Gasteiger partial charge >= 0.3 is 0 Å². The van der Waals surface area contributed by atoms with Crippen LogP contribution in [0.5, 0.6) is 0 Å². The zero-order chi connectivity index (χ0) is 13.9. The number of nitrogens with one attached hydrogen (secondary N) is 1. The molecule has 3 rings (SSSR count). The van der Waals surface area contributed by atoms with E-state index in [1.807, 2.05) is 25.1 Å². The molecule has 1 fully saturated rings. The maximum atomic E-state index is 12.0. The number of carbonyl (C=O) groups is 1. The van der Waals surface area contributed by atoms with Gasteiger partial charge in [-0.05, 0) is 30.5 Å². The van der Waals surface area contributed by atoms with Crippen molar-refractivity contribution < 1.29 is 9.21 Å². The summed E-state index contributed by atoms with van der Waals surface area (Å²) >= 11 is 0. The molecule has 1 aliphatic rings. The lowest BCUT2D eigenvalue weighted by Crippen LogP contribution is -2.12. The third kappa shape index (κ3) is 3.00. The fraction of sp³-hybridized carbons (Fsp3) is 0.500. The summed E-state index contributed by atoms with van der Waals surface area (Å²) in [6.45, 7) is 1.82. The third-order valence-corrected chi connectivity index (χ3v) is 4.03. The molecular weight excluding hydrogens is 252 g/mol. The highest BCUT2D eigenvalue weighted by atomic mass is 16.3. The number of carbonyl (C=O) groups excluding carboxylic acids is 1. The first-order chi connectivity index (χ1) is 9.70. The fourth-order valence-electron chi connectivity index (χ4n) is 2.98. The Kier molecular flexibility index (Phi) is 3.72. The summed E-state index contributed by atoms with van der Waals surface area (Å²) in [6, 6.07) is 5.57. The lowest BCUT2D eigenvalue weighted by molar-refractivity contribution is -0.116. The van der Waals surface area contributed by atoms with Gasteiger partial charge in [-0.3, -0.25) is 4.79 Å². The van der Waals surface area contributed by atoms with Gasteiger partial charge in [0.2, 0.25) is 5.91 Å². The van der Waals surface area contributed by atoms with E-state index in [9.17, 15) is 4.79 Å². The highest BCUT2D eigenvalue weighted by Gasteiger charge is 2.16. The van der Waals surface area contributed by atoms with Crippen LogP contribution < -0.4 is 5.32 Å². The molecule has 1 N–H and O–H groups in total. The zero-order valence-electron chi connectivity index (χ0n) is 11.8. The van der Waals surface area contributed by atoms with Crippen LogP contribution in [0.2, 0.25) is 0 Å². The summed E-state index contributed by atoms with van der Waals surface area (Å²) in [6.07, 6.45) is 6.86. The molecule has 2 aromatic rings. The predicted octanol–water partition coefficient (Wildman–Crippen LogP) is 4.05. The number of nitrogens with zero attached hydrogens (tertiary/aromatic N) is 1. The van der Waals surface area contributed by atoms with Gasteiger partial charge in [-0.15, -0.1) is 0 Å². The van der Waals surface area contributed by atoms with Crippen LogP contribution in [0.1, 0.15) is 44.4 Å². The molecule has 4 heteroatoms. The van der Waals surface area contributed by atoms with E-state index in [0.29, 0.717) is 12.3 Å². The Labute approximate surface area is 118 Å². The number of rotatable bonds is 4. The van der Waals surface area contributed by atoms with Crippen LogP contribution in [0.15, 0.2) is 22.6 Å². The quantitative estimate of drug-likeness (QED) is 0.913. The van der Waals surface area contributed by atoms with E-state index < -0.39 is 0 Å². The zero-order valence-corrected chi connectivity index (χ0v) is 11.8. The van der Waals surface area contributed by atoms with Gasteiger partial charge in [-0.25, -0.2) is 4.98 Å². The summed E-state index contributed by atoms with van der Waals surface area (Å²) < 4.78 is 5.42. The molecule has 1 heterocycles. The van der Waals surface area contributed by atoms with Crippen LogP contribution in [-0.4, -0.2) is 10.9 Å². The van der Waals surface area contributed by atoms with Gasteiger partial charge < -0.3 is 9.73 Å². The number of aromatic nitrogens is 1. The number of anilines is 1. The first-order valence-electron chi connectivity index (χ1n) is 7.38. The smallest absolute Gasteiger partial charge is 0.224 e. The Morgan fingerprint density at radius 3 is 3.00 bits per heavy atom. The molecule has 1 saturated carbocycles. The standard InChI is InChI=1S/C16H20N2O2/c1-11-17-14-10-13(7-8-15(14)20-11)18-16(19)9-6-12-4-2-3-5-12/h7-8,10,12H,2-6,9H2,1H3,(H,18,19). The molecule has 1 aromatic heterocycles. The molecule has 20 heavy (non-hydrogen) atoms. The molecule has 0 spiro atoms. The average molecular weight is 272 g/mol. The van der Waals surface area contributed by atoms with Gasteiger partial charge in [0, 0.05) is 19.0 Å². The van der Waals surface area contributed by atoms with E-state index in [0.717, 1.165) is 29.1 Å². The first-order valence-corrected chi connectivity index (χ1v) is 7.38. The number of benzene rings is 1. The summed E-state index contributed by atoms with van der Waals surface area (Å²) in [5.74, 6) is 1.49. The summed E-state index contributed by atoms with van der Waals surface area (Å²) in [5.41, 5.74) is 2.34. The van der Waals surface area contributed by atoms with E-state index in [4.69, 9.17) is 4.42 Å². The van der Waals surface area contributed by atoms with Gasteiger partial charge in [-0.2, -0.15) is 0 Å². The predicted molar refractivity (Wildman–Crippen MR) is 78.6 cm³/mol. The minimum Gasteiger partial charge on any atom is -0.441 e. The second-order valence-electron chi connectivity index (χ2n) is 5.65. The molecule has 1 aromatic carbocycles. The molecule has 106 valence electrons. The van der Waals surface area contributed by atoms with Crippen LogP contribution in [0.4, 0.5) is 5.69 Å². The van der Waals surface area contributed by atoms with Crippen molar-refractivity contribution in [2.24, 2.45) is 5.92 Å². The second-order valence-corrected chi connectivity index (χ2v) is 5.65. The molecule has 1 aliphatic carbocycles. The molecule has 4 nitrogen and oxygen atoms in total. The van der Waals surface area contributed by atoms with Crippen molar-refractivity contribution in [1.29, 1.82) is 0 Å². The van der Waals surface area contributed by atoms with Crippen LogP contribution >= 0.6 is 0 Å². The van der Waals surface area contributed by atoms with Crippen molar-refractivity contribution in [1.82, 2.24) is 4.98 Å². The summed E-state index contributed by atoms with van der Waals surface area (Å²) in [7, 11) is 0. The van der Waals surface area contributed by atoms with Gasteiger partial charge in [0.15, 0.2) is 11.5 Å². The van der Waals surface area contributed by atoms with Crippen LogP contribution in [0.25, 0.3) is 11.1 Å². The lowest BCUT2D eigenvalue weighted by Gasteiger charge is -2.09. The van der Waals surface area contributed by atoms with Gasteiger partial charge in [0.25, 0.3) is 0 Å². The van der Waals surface area contributed by atoms with Crippen molar-refractivity contribution >= 4 is 22.7 Å². The minimum atomic E-state index is 0.0940. The largest absolute Gasteiger partial charge is 0.441 e. The maximum absolute atomic E-state index is 12.0. The monoisotopic (exact) mass is 272 g/mol.